The minimum Gasteiger partial charge on any atom is -0.439 e. The zero-order chi connectivity index (χ0) is 18.8. The van der Waals surface area contributed by atoms with Crippen LogP contribution in [0.2, 0.25) is 0 Å². The Labute approximate surface area is 159 Å². The van der Waals surface area contributed by atoms with Gasteiger partial charge in [-0.05, 0) is 23.8 Å². The van der Waals surface area contributed by atoms with E-state index in [0.717, 1.165) is 11.1 Å². The SMILES string of the molecule is C=CC(=O)Nc1ccc(-c2csc3c(=O)cc(N4CCOCC4)oc23)cc1. The molecule has 1 aliphatic rings. The number of anilines is 2. The molecular formula is C20H18N2O4S. The zero-order valence-electron chi connectivity index (χ0n) is 14.6. The summed E-state index contributed by atoms with van der Waals surface area (Å²) < 4.78 is 12.1. The molecule has 1 fully saturated rings. The number of amides is 1. The summed E-state index contributed by atoms with van der Waals surface area (Å²) in [5, 5.41) is 4.64. The molecule has 1 aromatic carbocycles. The maximum atomic E-state index is 12.5. The van der Waals surface area contributed by atoms with Gasteiger partial charge in [0.05, 0.1) is 13.2 Å². The van der Waals surface area contributed by atoms with Crippen molar-refractivity contribution in [1.82, 2.24) is 0 Å². The lowest BCUT2D eigenvalue weighted by Crippen LogP contribution is -2.36. The van der Waals surface area contributed by atoms with Crippen molar-refractivity contribution in [2.75, 3.05) is 36.5 Å². The molecule has 0 atom stereocenters. The summed E-state index contributed by atoms with van der Waals surface area (Å²) in [4.78, 5) is 26.0. The highest BCUT2D eigenvalue weighted by molar-refractivity contribution is 7.17. The van der Waals surface area contributed by atoms with Gasteiger partial charge in [-0.25, -0.2) is 0 Å². The van der Waals surface area contributed by atoms with Gasteiger partial charge >= 0.3 is 0 Å². The van der Waals surface area contributed by atoms with Gasteiger partial charge in [0.25, 0.3) is 0 Å². The van der Waals surface area contributed by atoms with Gasteiger partial charge in [0, 0.05) is 35.8 Å². The molecule has 0 unspecified atom stereocenters. The molecule has 4 rings (SSSR count). The van der Waals surface area contributed by atoms with Crippen LogP contribution in [0.3, 0.4) is 0 Å². The monoisotopic (exact) mass is 382 g/mol. The molecule has 1 saturated heterocycles. The summed E-state index contributed by atoms with van der Waals surface area (Å²) in [6, 6.07) is 8.96. The Morgan fingerprint density at radius 3 is 2.67 bits per heavy atom. The molecule has 0 aliphatic carbocycles. The summed E-state index contributed by atoms with van der Waals surface area (Å²) in [5.41, 5.74) is 3.02. The van der Waals surface area contributed by atoms with Gasteiger partial charge in [-0.15, -0.1) is 11.3 Å². The molecule has 1 amide bonds. The number of fused-ring (bicyclic) bond motifs is 1. The molecule has 6 nitrogen and oxygen atoms in total. The van der Waals surface area contributed by atoms with Crippen molar-refractivity contribution in [3.63, 3.8) is 0 Å². The van der Waals surface area contributed by atoms with E-state index in [1.165, 1.54) is 17.4 Å². The second-order valence-electron chi connectivity index (χ2n) is 6.13. The van der Waals surface area contributed by atoms with Crippen LogP contribution in [0.5, 0.6) is 0 Å². The summed E-state index contributed by atoms with van der Waals surface area (Å²) in [7, 11) is 0. The number of carbonyl (C=O) groups excluding carboxylic acids is 1. The lowest BCUT2D eigenvalue weighted by Gasteiger charge is -2.27. The molecule has 0 spiro atoms. The van der Waals surface area contributed by atoms with Gasteiger partial charge in [-0.3, -0.25) is 9.59 Å². The highest BCUT2D eigenvalue weighted by Gasteiger charge is 2.18. The molecule has 1 aliphatic heterocycles. The molecule has 138 valence electrons. The average Bonchev–Trinajstić information content (AvgIpc) is 3.14. The fraction of sp³-hybridized carbons (Fsp3) is 0.200. The Morgan fingerprint density at radius 1 is 1.22 bits per heavy atom. The predicted molar refractivity (Wildman–Crippen MR) is 108 cm³/mol. The van der Waals surface area contributed by atoms with Gasteiger partial charge < -0.3 is 19.4 Å². The quantitative estimate of drug-likeness (QED) is 0.700. The lowest BCUT2D eigenvalue weighted by molar-refractivity contribution is -0.111. The Hall–Kier alpha value is -2.90. The fourth-order valence-electron chi connectivity index (χ4n) is 3.00. The average molecular weight is 382 g/mol. The Balaban J connectivity index is 1.71. The van der Waals surface area contributed by atoms with E-state index in [1.54, 1.807) is 6.07 Å². The minimum absolute atomic E-state index is 0.0381. The fourth-order valence-corrected chi connectivity index (χ4v) is 3.91. The molecule has 27 heavy (non-hydrogen) atoms. The Kier molecular flexibility index (Phi) is 4.79. The molecule has 0 radical (unpaired) electrons. The van der Waals surface area contributed by atoms with E-state index in [0.29, 0.717) is 48.2 Å². The van der Waals surface area contributed by atoms with Gasteiger partial charge in [-0.2, -0.15) is 0 Å². The van der Waals surface area contributed by atoms with E-state index >= 15 is 0 Å². The maximum Gasteiger partial charge on any atom is 0.247 e. The smallest absolute Gasteiger partial charge is 0.247 e. The predicted octanol–water partition coefficient (Wildman–Crippen LogP) is 3.48. The number of hydrogen-bond acceptors (Lipinski definition) is 6. The van der Waals surface area contributed by atoms with Crippen LogP contribution >= 0.6 is 11.3 Å². The Morgan fingerprint density at radius 2 is 1.96 bits per heavy atom. The van der Waals surface area contributed by atoms with Crippen LogP contribution < -0.4 is 15.6 Å². The first-order valence-corrected chi connectivity index (χ1v) is 9.45. The third kappa shape index (κ3) is 3.51. The molecule has 3 heterocycles. The first-order chi connectivity index (χ1) is 13.2. The summed E-state index contributed by atoms with van der Waals surface area (Å²) in [5.74, 6) is 0.315. The number of nitrogens with one attached hydrogen (secondary N) is 1. The van der Waals surface area contributed by atoms with Crippen molar-refractivity contribution >= 4 is 39.1 Å². The second kappa shape index (κ2) is 7.38. The zero-order valence-corrected chi connectivity index (χ0v) is 15.4. The molecule has 3 aromatic rings. The first kappa shape index (κ1) is 17.5. The Bertz CT molecular complexity index is 1050. The third-order valence-corrected chi connectivity index (χ3v) is 5.38. The largest absolute Gasteiger partial charge is 0.439 e. The topological polar surface area (TPSA) is 71.8 Å². The van der Waals surface area contributed by atoms with Gasteiger partial charge in [-0.1, -0.05) is 18.7 Å². The molecule has 0 bridgehead atoms. The van der Waals surface area contributed by atoms with Crippen LogP contribution in [0, 0.1) is 0 Å². The molecule has 2 aromatic heterocycles. The van der Waals surface area contributed by atoms with Crippen LogP contribution in [0.25, 0.3) is 21.4 Å². The van der Waals surface area contributed by atoms with E-state index in [-0.39, 0.29) is 11.3 Å². The van der Waals surface area contributed by atoms with Crippen molar-refractivity contribution in [3.8, 4) is 11.1 Å². The van der Waals surface area contributed by atoms with Crippen molar-refractivity contribution in [2.24, 2.45) is 0 Å². The minimum atomic E-state index is -0.259. The van der Waals surface area contributed by atoms with Crippen LogP contribution in [0.1, 0.15) is 0 Å². The summed E-state index contributed by atoms with van der Waals surface area (Å²) >= 11 is 1.38. The number of benzene rings is 1. The van der Waals surface area contributed by atoms with Crippen molar-refractivity contribution < 1.29 is 13.9 Å². The van der Waals surface area contributed by atoms with E-state index in [1.807, 2.05) is 34.5 Å². The molecule has 7 heteroatoms. The first-order valence-electron chi connectivity index (χ1n) is 8.57. The van der Waals surface area contributed by atoms with E-state index < -0.39 is 0 Å². The number of carbonyl (C=O) groups is 1. The second-order valence-corrected chi connectivity index (χ2v) is 7.01. The molecular weight excluding hydrogens is 364 g/mol. The highest BCUT2D eigenvalue weighted by Crippen LogP contribution is 2.35. The third-order valence-electron chi connectivity index (χ3n) is 4.40. The highest BCUT2D eigenvalue weighted by atomic mass is 32.1. The van der Waals surface area contributed by atoms with Gasteiger partial charge in [0.15, 0.2) is 11.5 Å². The van der Waals surface area contributed by atoms with E-state index in [9.17, 15) is 9.59 Å². The van der Waals surface area contributed by atoms with Crippen LogP contribution in [0.15, 0.2) is 57.6 Å². The number of morpholine rings is 1. The molecule has 0 saturated carbocycles. The normalized spacial score (nSPS) is 14.3. The van der Waals surface area contributed by atoms with Crippen LogP contribution in [0.4, 0.5) is 11.6 Å². The van der Waals surface area contributed by atoms with Crippen molar-refractivity contribution in [3.05, 3.63) is 58.6 Å². The summed E-state index contributed by atoms with van der Waals surface area (Å²) in [6.07, 6.45) is 1.22. The van der Waals surface area contributed by atoms with Crippen LogP contribution in [-0.4, -0.2) is 32.2 Å². The van der Waals surface area contributed by atoms with Gasteiger partial charge in [0.2, 0.25) is 11.3 Å². The standard InChI is InChI=1S/C20H18N2O4S/c1-2-17(24)21-14-5-3-13(4-6-14)15-12-27-20-16(23)11-18(26-19(15)20)22-7-9-25-10-8-22/h2-6,11-12H,1,7-10H2,(H,21,24). The number of ether oxygens (including phenoxy) is 1. The lowest BCUT2D eigenvalue weighted by atomic mass is 10.1. The summed E-state index contributed by atoms with van der Waals surface area (Å²) in [6.45, 7) is 6.08. The molecule has 1 N–H and O–H groups in total. The van der Waals surface area contributed by atoms with E-state index in [4.69, 9.17) is 9.15 Å². The number of thiophene rings is 1. The van der Waals surface area contributed by atoms with Crippen molar-refractivity contribution in [2.45, 2.75) is 0 Å². The number of rotatable bonds is 4. The van der Waals surface area contributed by atoms with Crippen LogP contribution in [-0.2, 0) is 9.53 Å². The van der Waals surface area contributed by atoms with E-state index in [2.05, 4.69) is 11.9 Å². The maximum absolute atomic E-state index is 12.5. The number of nitrogens with zero attached hydrogens (tertiary/aromatic N) is 1. The van der Waals surface area contributed by atoms with Gasteiger partial charge in [0.1, 0.15) is 4.70 Å². The van der Waals surface area contributed by atoms with Crippen molar-refractivity contribution in [1.29, 1.82) is 0 Å². The number of hydrogen-bond donors (Lipinski definition) is 1.